The van der Waals surface area contributed by atoms with Gasteiger partial charge in [0.2, 0.25) is 11.0 Å². The lowest BCUT2D eigenvalue weighted by Crippen LogP contribution is -2.16. The van der Waals surface area contributed by atoms with Gasteiger partial charge in [0.05, 0.1) is 6.26 Å². The van der Waals surface area contributed by atoms with E-state index in [0.29, 0.717) is 18.0 Å². The summed E-state index contributed by atoms with van der Waals surface area (Å²) in [6.45, 7) is 1.87. The van der Waals surface area contributed by atoms with Gasteiger partial charge in [0.1, 0.15) is 5.76 Å². The highest BCUT2D eigenvalue weighted by molar-refractivity contribution is 7.09. The minimum atomic E-state index is -4.49. The predicted molar refractivity (Wildman–Crippen MR) is 65.0 cm³/mol. The molecule has 8 heteroatoms. The van der Waals surface area contributed by atoms with Crippen molar-refractivity contribution in [2.45, 2.75) is 32.0 Å². The molecule has 1 atom stereocenters. The molecule has 0 bridgehead atoms. The fraction of sp³-hybridized carbons (Fsp3) is 0.455. The van der Waals surface area contributed by atoms with Crippen molar-refractivity contribution in [3.63, 3.8) is 0 Å². The second-order valence-corrected chi connectivity index (χ2v) is 4.84. The van der Waals surface area contributed by atoms with Crippen molar-refractivity contribution >= 4 is 16.7 Å². The van der Waals surface area contributed by atoms with Crippen molar-refractivity contribution in [1.29, 1.82) is 0 Å². The molecule has 0 saturated heterocycles. The van der Waals surface area contributed by atoms with Crippen LogP contribution >= 0.6 is 11.5 Å². The van der Waals surface area contributed by atoms with E-state index in [-0.39, 0.29) is 11.2 Å². The Hall–Kier alpha value is -1.57. The molecule has 1 N–H and O–H groups in total. The van der Waals surface area contributed by atoms with Crippen LogP contribution in [0, 0.1) is 0 Å². The molecule has 0 fully saturated rings. The quantitative estimate of drug-likeness (QED) is 0.914. The van der Waals surface area contributed by atoms with E-state index < -0.39 is 12.0 Å². The Kier molecular flexibility index (Phi) is 4.08. The first-order valence-electron chi connectivity index (χ1n) is 5.65. The standard InChI is InChI=1S/C11H12F3N3OS/c1-7(4-5-8-3-2-6-18-8)15-10-16-9(17-19-10)11(12,13)14/h2-3,6-7H,4-5H2,1H3,(H,15,16,17). The average molecular weight is 291 g/mol. The highest BCUT2D eigenvalue weighted by Crippen LogP contribution is 2.29. The molecule has 2 aromatic rings. The molecule has 2 heterocycles. The summed E-state index contributed by atoms with van der Waals surface area (Å²) in [7, 11) is 0. The molecule has 0 radical (unpaired) electrons. The van der Waals surface area contributed by atoms with E-state index in [2.05, 4.69) is 14.7 Å². The van der Waals surface area contributed by atoms with E-state index in [9.17, 15) is 13.2 Å². The van der Waals surface area contributed by atoms with Crippen LogP contribution in [0.25, 0.3) is 0 Å². The molecule has 1 unspecified atom stereocenters. The van der Waals surface area contributed by atoms with Crippen LogP contribution in [0.5, 0.6) is 0 Å². The molecule has 0 saturated carbocycles. The second-order valence-electron chi connectivity index (χ2n) is 4.08. The largest absolute Gasteiger partial charge is 0.469 e. The minimum absolute atomic E-state index is 0.0147. The van der Waals surface area contributed by atoms with Gasteiger partial charge >= 0.3 is 6.18 Å². The van der Waals surface area contributed by atoms with Gasteiger partial charge in [-0.25, -0.2) is 0 Å². The molecule has 2 aromatic heterocycles. The van der Waals surface area contributed by atoms with Gasteiger partial charge in [-0.1, -0.05) is 0 Å². The van der Waals surface area contributed by atoms with Crippen LogP contribution in [0.4, 0.5) is 18.3 Å². The highest BCUT2D eigenvalue weighted by atomic mass is 32.1. The van der Waals surface area contributed by atoms with Gasteiger partial charge in [0, 0.05) is 24.0 Å². The molecule has 0 spiro atoms. The molecular weight excluding hydrogens is 279 g/mol. The van der Waals surface area contributed by atoms with Crippen LogP contribution in [0.1, 0.15) is 24.9 Å². The number of nitrogens with one attached hydrogen (secondary N) is 1. The molecule has 104 valence electrons. The number of aromatic nitrogens is 2. The summed E-state index contributed by atoms with van der Waals surface area (Å²) in [5.74, 6) is -0.250. The summed E-state index contributed by atoms with van der Waals surface area (Å²) in [5, 5.41) is 3.08. The van der Waals surface area contributed by atoms with E-state index in [1.165, 1.54) is 0 Å². The Bertz CT molecular complexity index is 509. The van der Waals surface area contributed by atoms with Crippen molar-refractivity contribution in [2.24, 2.45) is 0 Å². The fourth-order valence-corrected chi connectivity index (χ4v) is 2.19. The third-order valence-corrected chi connectivity index (χ3v) is 3.10. The van der Waals surface area contributed by atoms with Crippen molar-refractivity contribution in [3.8, 4) is 0 Å². The third-order valence-electron chi connectivity index (χ3n) is 2.45. The van der Waals surface area contributed by atoms with Gasteiger partial charge in [-0.2, -0.15) is 22.5 Å². The van der Waals surface area contributed by atoms with E-state index >= 15 is 0 Å². The normalized spacial score (nSPS) is 13.5. The lowest BCUT2D eigenvalue weighted by atomic mass is 10.1. The molecule has 4 nitrogen and oxygen atoms in total. The van der Waals surface area contributed by atoms with Crippen LogP contribution < -0.4 is 5.32 Å². The molecule has 0 aliphatic carbocycles. The molecule has 2 rings (SSSR count). The van der Waals surface area contributed by atoms with Crippen LogP contribution in [-0.2, 0) is 12.6 Å². The third kappa shape index (κ3) is 3.95. The summed E-state index contributed by atoms with van der Waals surface area (Å²) in [4.78, 5) is 3.41. The summed E-state index contributed by atoms with van der Waals surface area (Å²) in [5.41, 5.74) is 0. The molecule has 0 aromatic carbocycles. The number of nitrogens with zero attached hydrogens (tertiary/aromatic N) is 2. The average Bonchev–Trinajstić information content (AvgIpc) is 2.95. The Labute approximate surface area is 111 Å². The smallest absolute Gasteiger partial charge is 0.452 e. The van der Waals surface area contributed by atoms with E-state index in [4.69, 9.17) is 4.42 Å². The van der Waals surface area contributed by atoms with Gasteiger partial charge < -0.3 is 9.73 Å². The topological polar surface area (TPSA) is 51.0 Å². The molecule has 0 aliphatic heterocycles. The van der Waals surface area contributed by atoms with Gasteiger partial charge in [0.25, 0.3) is 0 Å². The molecular formula is C11H12F3N3OS. The number of alkyl halides is 3. The number of rotatable bonds is 5. The minimum Gasteiger partial charge on any atom is -0.469 e. The maximum absolute atomic E-state index is 12.3. The maximum Gasteiger partial charge on any atom is 0.452 e. The summed E-state index contributed by atoms with van der Waals surface area (Å²) >= 11 is 0.712. The highest BCUT2D eigenvalue weighted by Gasteiger charge is 2.36. The molecule has 19 heavy (non-hydrogen) atoms. The van der Waals surface area contributed by atoms with Crippen molar-refractivity contribution in [1.82, 2.24) is 9.36 Å². The van der Waals surface area contributed by atoms with Crippen molar-refractivity contribution < 1.29 is 17.6 Å². The Balaban J connectivity index is 1.85. The Morgan fingerprint density at radius 2 is 2.26 bits per heavy atom. The summed E-state index contributed by atoms with van der Waals surface area (Å²) in [6.07, 6.45) is -1.46. The van der Waals surface area contributed by atoms with E-state index in [0.717, 1.165) is 12.2 Å². The number of furan rings is 1. The SMILES string of the molecule is CC(CCc1ccco1)Nc1nc(C(F)(F)F)ns1. The van der Waals surface area contributed by atoms with Gasteiger partial charge in [-0.3, -0.25) is 0 Å². The zero-order valence-corrected chi connectivity index (χ0v) is 10.9. The Morgan fingerprint density at radius 1 is 1.47 bits per heavy atom. The van der Waals surface area contributed by atoms with Gasteiger partial charge in [-0.15, -0.1) is 0 Å². The first-order chi connectivity index (χ1) is 8.95. The fourth-order valence-electron chi connectivity index (χ4n) is 1.49. The lowest BCUT2D eigenvalue weighted by molar-refractivity contribution is -0.144. The second kappa shape index (κ2) is 5.60. The summed E-state index contributed by atoms with van der Waals surface area (Å²) in [6, 6.07) is 3.65. The van der Waals surface area contributed by atoms with E-state index in [1.54, 1.807) is 12.3 Å². The van der Waals surface area contributed by atoms with Crippen LogP contribution in [0.15, 0.2) is 22.8 Å². The van der Waals surface area contributed by atoms with E-state index in [1.807, 2.05) is 13.0 Å². The van der Waals surface area contributed by atoms with Gasteiger partial charge in [-0.05, 0) is 25.5 Å². The monoisotopic (exact) mass is 291 g/mol. The number of aryl methyl sites for hydroxylation is 1. The molecule has 0 aliphatic rings. The summed E-state index contributed by atoms with van der Waals surface area (Å²) < 4.78 is 45.4. The predicted octanol–water partition coefficient (Wildman–Crippen LogP) is 3.58. The van der Waals surface area contributed by atoms with Crippen LogP contribution in [0.2, 0.25) is 0 Å². The van der Waals surface area contributed by atoms with Gasteiger partial charge in [0.15, 0.2) is 0 Å². The Morgan fingerprint density at radius 3 is 2.84 bits per heavy atom. The van der Waals surface area contributed by atoms with Crippen molar-refractivity contribution in [2.75, 3.05) is 5.32 Å². The zero-order valence-electron chi connectivity index (χ0n) is 10.1. The van der Waals surface area contributed by atoms with Crippen LogP contribution in [0.3, 0.4) is 0 Å². The number of anilines is 1. The van der Waals surface area contributed by atoms with Crippen molar-refractivity contribution in [3.05, 3.63) is 30.0 Å². The maximum atomic E-state index is 12.3. The lowest BCUT2D eigenvalue weighted by Gasteiger charge is -2.11. The first-order valence-corrected chi connectivity index (χ1v) is 6.42. The zero-order chi connectivity index (χ0) is 13.9. The van der Waals surface area contributed by atoms with Crippen LogP contribution in [-0.4, -0.2) is 15.4 Å². The number of halogens is 3. The number of hydrogen-bond acceptors (Lipinski definition) is 5. The number of hydrogen-bond donors (Lipinski definition) is 1. The first kappa shape index (κ1) is 13.9. The molecule has 0 amide bonds.